The van der Waals surface area contributed by atoms with E-state index in [9.17, 15) is 0 Å². The number of rotatable bonds is 5. The van der Waals surface area contributed by atoms with Gasteiger partial charge in [0.05, 0.1) is 6.04 Å². The van der Waals surface area contributed by atoms with Crippen LogP contribution in [0, 0.1) is 3.57 Å². The van der Waals surface area contributed by atoms with Crippen molar-refractivity contribution in [3.8, 4) is 0 Å². The predicted octanol–water partition coefficient (Wildman–Crippen LogP) is 3.93. The van der Waals surface area contributed by atoms with E-state index >= 15 is 0 Å². The highest BCUT2D eigenvalue weighted by Crippen LogP contribution is 2.28. The summed E-state index contributed by atoms with van der Waals surface area (Å²) < 4.78 is 2.32. The highest BCUT2D eigenvalue weighted by atomic mass is 127. The zero-order valence-electron chi connectivity index (χ0n) is 10.6. The first-order valence-corrected chi connectivity index (χ1v) is 8.02. The summed E-state index contributed by atoms with van der Waals surface area (Å²) in [6.07, 6.45) is 6.40. The zero-order chi connectivity index (χ0) is 13.7. The molecule has 100 valence electrons. The normalized spacial score (nSPS) is 12.4. The van der Waals surface area contributed by atoms with Gasteiger partial charge in [0.2, 0.25) is 0 Å². The highest BCUT2D eigenvalue weighted by Gasteiger charge is 2.16. The van der Waals surface area contributed by atoms with E-state index in [0.717, 1.165) is 23.0 Å². The summed E-state index contributed by atoms with van der Waals surface area (Å²) in [5, 5.41) is 3.56. The first-order chi connectivity index (χ1) is 9.22. The van der Waals surface area contributed by atoms with Crippen molar-refractivity contribution < 1.29 is 0 Å². The second-order valence-electron chi connectivity index (χ2n) is 4.22. The molecular weight excluding hydrogens is 417 g/mol. The van der Waals surface area contributed by atoms with Gasteiger partial charge < -0.3 is 5.32 Å². The Balaban J connectivity index is 2.40. The molecule has 0 saturated heterocycles. The third-order valence-corrected chi connectivity index (χ3v) is 4.26. The van der Waals surface area contributed by atoms with Gasteiger partial charge in [-0.25, -0.2) is 9.97 Å². The van der Waals surface area contributed by atoms with Gasteiger partial charge in [0.1, 0.15) is 6.33 Å². The largest absolute Gasteiger partial charge is 0.306 e. The van der Waals surface area contributed by atoms with Crippen molar-refractivity contribution in [1.82, 2.24) is 15.3 Å². The van der Waals surface area contributed by atoms with E-state index in [4.69, 9.17) is 0 Å². The van der Waals surface area contributed by atoms with Crippen LogP contribution in [0.3, 0.4) is 0 Å². The van der Waals surface area contributed by atoms with Crippen molar-refractivity contribution >= 4 is 38.5 Å². The molecular formula is C14H15BrIN3. The minimum Gasteiger partial charge on any atom is -0.306 e. The van der Waals surface area contributed by atoms with Crippen molar-refractivity contribution in [2.45, 2.75) is 19.4 Å². The molecule has 1 unspecified atom stereocenters. The van der Waals surface area contributed by atoms with Crippen LogP contribution in [-0.2, 0) is 0 Å². The van der Waals surface area contributed by atoms with Crippen LogP contribution in [0.25, 0.3) is 0 Å². The summed E-state index contributed by atoms with van der Waals surface area (Å²) in [5.74, 6) is 0. The Labute approximate surface area is 135 Å². The SMILES string of the molecule is CCCNC(c1cncnc1)c1cc(Br)ccc1I. The van der Waals surface area contributed by atoms with Crippen molar-refractivity contribution in [3.63, 3.8) is 0 Å². The van der Waals surface area contributed by atoms with Crippen molar-refractivity contribution in [2.24, 2.45) is 0 Å². The topological polar surface area (TPSA) is 37.8 Å². The van der Waals surface area contributed by atoms with E-state index in [1.54, 1.807) is 6.33 Å². The van der Waals surface area contributed by atoms with Crippen molar-refractivity contribution in [3.05, 3.63) is 56.1 Å². The first-order valence-electron chi connectivity index (χ1n) is 6.15. The number of hydrogen-bond donors (Lipinski definition) is 1. The van der Waals surface area contributed by atoms with E-state index in [2.05, 4.69) is 78.9 Å². The molecule has 0 aliphatic rings. The smallest absolute Gasteiger partial charge is 0.115 e. The van der Waals surface area contributed by atoms with E-state index in [1.807, 2.05) is 12.4 Å². The molecule has 2 aromatic rings. The third-order valence-electron chi connectivity index (χ3n) is 2.78. The summed E-state index contributed by atoms with van der Waals surface area (Å²) in [4.78, 5) is 8.25. The lowest BCUT2D eigenvalue weighted by atomic mass is 10.0. The van der Waals surface area contributed by atoms with Crippen LogP contribution in [0.4, 0.5) is 0 Å². The van der Waals surface area contributed by atoms with E-state index in [-0.39, 0.29) is 6.04 Å². The van der Waals surface area contributed by atoms with Crippen LogP contribution in [0.1, 0.15) is 30.5 Å². The van der Waals surface area contributed by atoms with Gasteiger partial charge in [0, 0.05) is 26.0 Å². The Morgan fingerprint density at radius 3 is 2.74 bits per heavy atom. The van der Waals surface area contributed by atoms with Crippen molar-refractivity contribution in [1.29, 1.82) is 0 Å². The van der Waals surface area contributed by atoms with Gasteiger partial charge >= 0.3 is 0 Å². The van der Waals surface area contributed by atoms with Gasteiger partial charge in [-0.1, -0.05) is 22.9 Å². The van der Waals surface area contributed by atoms with E-state index in [1.165, 1.54) is 9.13 Å². The Bertz CT molecular complexity index is 533. The maximum atomic E-state index is 4.13. The quantitative estimate of drug-likeness (QED) is 0.728. The van der Waals surface area contributed by atoms with Gasteiger partial charge in [0.15, 0.2) is 0 Å². The third kappa shape index (κ3) is 3.97. The molecule has 2 rings (SSSR count). The fourth-order valence-corrected chi connectivity index (χ4v) is 2.92. The number of benzene rings is 1. The second-order valence-corrected chi connectivity index (χ2v) is 6.30. The molecule has 19 heavy (non-hydrogen) atoms. The van der Waals surface area contributed by atoms with Crippen LogP contribution >= 0.6 is 38.5 Å². The van der Waals surface area contributed by atoms with Gasteiger partial charge in [-0.05, 0) is 59.3 Å². The van der Waals surface area contributed by atoms with Crippen LogP contribution in [0.5, 0.6) is 0 Å². The minimum atomic E-state index is 0.130. The lowest BCUT2D eigenvalue weighted by Crippen LogP contribution is -2.24. The molecule has 1 heterocycles. The standard InChI is InChI=1S/C14H15BrIN3/c1-2-5-19-14(10-7-17-9-18-8-10)12-6-11(15)3-4-13(12)16/h3-4,6-9,14,19H,2,5H2,1H3. The molecule has 0 aliphatic carbocycles. The number of hydrogen-bond acceptors (Lipinski definition) is 3. The molecule has 3 nitrogen and oxygen atoms in total. The molecule has 1 aromatic carbocycles. The number of nitrogens with one attached hydrogen (secondary N) is 1. The average Bonchev–Trinajstić information content (AvgIpc) is 2.44. The molecule has 1 atom stereocenters. The maximum Gasteiger partial charge on any atom is 0.115 e. The first kappa shape index (κ1) is 14.9. The van der Waals surface area contributed by atoms with E-state index < -0.39 is 0 Å². The summed E-state index contributed by atoms with van der Waals surface area (Å²) in [5.41, 5.74) is 2.34. The maximum absolute atomic E-state index is 4.13. The van der Waals surface area contributed by atoms with Gasteiger partial charge in [0.25, 0.3) is 0 Å². The Hall–Kier alpha value is -0.530. The Morgan fingerprint density at radius 2 is 2.05 bits per heavy atom. The van der Waals surface area contributed by atoms with Crippen LogP contribution in [0.15, 0.2) is 41.4 Å². The lowest BCUT2D eigenvalue weighted by molar-refractivity contribution is 0.593. The molecule has 1 N–H and O–H groups in total. The fraction of sp³-hybridized carbons (Fsp3) is 0.286. The van der Waals surface area contributed by atoms with Gasteiger partial charge in [-0.3, -0.25) is 0 Å². The van der Waals surface area contributed by atoms with Crippen LogP contribution < -0.4 is 5.32 Å². The number of halogens is 2. The highest BCUT2D eigenvalue weighted by molar-refractivity contribution is 14.1. The number of nitrogens with zero attached hydrogens (tertiary/aromatic N) is 2. The molecule has 1 aromatic heterocycles. The molecule has 0 fully saturated rings. The lowest BCUT2D eigenvalue weighted by Gasteiger charge is -2.20. The molecule has 0 spiro atoms. The summed E-state index contributed by atoms with van der Waals surface area (Å²) in [7, 11) is 0. The second kappa shape index (κ2) is 7.31. The Morgan fingerprint density at radius 1 is 1.32 bits per heavy atom. The predicted molar refractivity (Wildman–Crippen MR) is 89.0 cm³/mol. The molecule has 0 aliphatic heterocycles. The molecule has 0 bridgehead atoms. The Kier molecular flexibility index (Phi) is 5.72. The van der Waals surface area contributed by atoms with Gasteiger partial charge in [-0.2, -0.15) is 0 Å². The zero-order valence-corrected chi connectivity index (χ0v) is 14.3. The number of aromatic nitrogens is 2. The summed E-state index contributed by atoms with van der Waals surface area (Å²) >= 11 is 5.91. The van der Waals surface area contributed by atoms with Crippen molar-refractivity contribution in [2.75, 3.05) is 6.54 Å². The van der Waals surface area contributed by atoms with Crippen LogP contribution in [0.2, 0.25) is 0 Å². The van der Waals surface area contributed by atoms with Gasteiger partial charge in [-0.15, -0.1) is 0 Å². The minimum absolute atomic E-state index is 0.130. The monoisotopic (exact) mass is 431 g/mol. The van der Waals surface area contributed by atoms with E-state index in [0.29, 0.717) is 0 Å². The molecule has 0 saturated carbocycles. The van der Waals surface area contributed by atoms with Crippen LogP contribution in [-0.4, -0.2) is 16.5 Å². The molecule has 0 amide bonds. The average molecular weight is 432 g/mol. The summed E-state index contributed by atoms with van der Waals surface area (Å²) in [6, 6.07) is 6.46. The molecule has 5 heteroatoms. The summed E-state index contributed by atoms with van der Waals surface area (Å²) in [6.45, 7) is 3.12. The fourth-order valence-electron chi connectivity index (χ4n) is 1.89. The molecule has 0 radical (unpaired) electrons.